The minimum Gasteiger partial charge on any atom is -0.325 e. The van der Waals surface area contributed by atoms with Crippen molar-refractivity contribution in [2.45, 2.75) is 8.68 Å². The summed E-state index contributed by atoms with van der Waals surface area (Å²) in [5.41, 5.74) is 2.24. The van der Waals surface area contributed by atoms with Crippen LogP contribution in [0.15, 0.2) is 73.5 Å². The van der Waals surface area contributed by atoms with Gasteiger partial charge in [0.2, 0.25) is 5.91 Å². The first kappa shape index (κ1) is 18.6. The molecule has 1 N–H and O–H groups in total. The van der Waals surface area contributed by atoms with Gasteiger partial charge in [-0.2, -0.15) is 10.2 Å². The molecule has 1 amide bonds. The molecular formula is C17H15N5OS3. The molecular weight excluding hydrogens is 386 g/mol. The Kier molecular flexibility index (Phi) is 6.75. The van der Waals surface area contributed by atoms with E-state index >= 15 is 0 Å². The van der Waals surface area contributed by atoms with Crippen LogP contribution in [0.5, 0.6) is 0 Å². The zero-order valence-corrected chi connectivity index (χ0v) is 16.3. The second-order valence-electron chi connectivity index (χ2n) is 4.96. The van der Waals surface area contributed by atoms with Gasteiger partial charge in [0.05, 0.1) is 17.1 Å². The molecule has 3 aromatic rings. The minimum absolute atomic E-state index is 0.0884. The Bertz CT molecular complexity index is 881. The van der Waals surface area contributed by atoms with Crippen molar-refractivity contribution in [3.05, 3.63) is 54.6 Å². The van der Waals surface area contributed by atoms with Crippen LogP contribution in [-0.2, 0) is 4.79 Å². The number of azo groups is 1. The maximum absolute atomic E-state index is 12.0. The zero-order valence-electron chi connectivity index (χ0n) is 13.8. The molecule has 0 spiro atoms. The molecule has 1 aromatic heterocycles. The van der Waals surface area contributed by atoms with Gasteiger partial charge >= 0.3 is 0 Å². The number of thioether (sulfide) groups is 2. The van der Waals surface area contributed by atoms with Crippen LogP contribution >= 0.6 is 34.9 Å². The summed E-state index contributed by atoms with van der Waals surface area (Å²) in [4.78, 5) is 12.0. The SMILES string of the molecule is CSc1nnc(SCC(=O)Nc2ccc(N=Nc3ccccc3)cc2)s1. The fourth-order valence-electron chi connectivity index (χ4n) is 1.88. The smallest absolute Gasteiger partial charge is 0.234 e. The zero-order chi connectivity index (χ0) is 18.2. The van der Waals surface area contributed by atoms with Crippen molar-refractivity contribution in [1.29, 1.82) is 0 Å². The largest absolute Gasteiger partial charge is 0.325 e. The molecule has 0 bridgehead atoms. The number of nitrogens with zero attached hydrogens (tertiary/aromatic N) is 4. The summed E-state index contributed by atoms with van der Waals surface area (Å²) < 4.78 is 1.69. The second-order valence-corrected chi connectivity index (χ2v) is 8.21. The van der Waals surface area contributed by atoms with Crippen molar-refractivity contribution in [3.63, 3.8) is 0 Å². The topological polar surface area (TPSA) is 79.6 Å². The molecule has 0 radical (unpaired) electrons. The predicted octanol–water partition coefficient (Wildman–Crippen LogP) is 5.41. The Morgan fingerprint density at radius 2 is 1.65 bits per heavy atom. The van der Waals surface area contributed by atoms with Gasteiger partial charge in [0.25, 0.3) is 0 Å². The van der Waals surface area contributed by atoms with E-state index in [1.807, 2.05) is 48.7 Å². The van der Waals surface area contributed by atoms with Crippen LogP contribution in [0, 0.1) is 0 Å². The van der Waals surface area contributed by atoms with Crippen molar-refractivity contribution in [2.24, 2.45) is 10.2 Å². The number of hydrogen-bond donors (Lipinski definition) is 1. The summed E-state index contributed by atoms with van der Waals surface area (Å²) in [6, 6.07) is 16.8. The van der Waals surface area contributed by atoms with E-state index in [2.05, 4.69) is 25.7 Å². The molecule has 0 unspecified atom stereocenters. The van der Waals surface area contributed by atoms with E-state index in [9.17, 15) is 4.79 Å². The Balaban J connectivity index is 1.50. The van der Waals surface area contributed by atoms with E-state index in [0.717, 1.165) is 25.7 Å². The lowest BCUT2D eigenvalue weighted by molar-refractivity contribution is -0.113. The number of nitrogens with one attached hydrogen (secondary N) is 1. The fourth-order valence-corrected chi connectivity index (χ4v) is 4.12. The molecule has 0 saturated heterocycles. The predicted molar refractivity (Wildman–Crippen MR) is 108 cm³/mol. The van der Waals surface area contributed by atoms with Crippen LogP contribution < -0.4 is 5.32 Å². The molecule has 6 nitrogen and oxygen atoms in total. The number of carbonyl (C=O) groups excluding carboxylic acids is 1. The van der Waals surface area contributed by atoms with E-state index in [-0.39, 0.29) is 5.91 Å². The van der Waals surface area contributed by atoms with Gasteiger partial charge in [-0.3, -0.25) is 4.79 Å². The molecule has 0 aliphatic carbocycles. The standard InChI is InChI=1S/C17H15N5OS3/c1-24-16-21-22-17(26-16)25-11-15(23)18-12-7-9-14(10-8-12)20-19-13-5-3-2-4-6-13/h2-10H,11H2,1H3,(H,18,23). The Labute approximate surface area is 163 Å². The minimum atomic E-state index is -0.0884. The molecule has 1 heterocycles. The molecule has 26 heavy (non-hydrogen) atoms. The van der Waals surface area contributed by atoms with Crippen molar-refractivity contribution in [2.75, 3.05) is 17.3 Å². The lowest BCUT2D eigenvalue weighted by Gasteiger charge is -2.04. The number of carbonyl (C=O) groups is 1. The van der Waals surface area contributed by atoms with Gasteiger partial charge in [0.1, 0.15) is 0 Å². The number of hydrogen-bond acceptors (Lipinski definition) is 8. The molecule has 2 aromatic carbocycles. The van der Waals surface area contributed by atoms with Gasteiger partial charge in [-0.15, -0.1) is 10.2 Å². The summed E-state index contributed by atoms with van der Waals surface area (Å²) in [5.74, 6) is 0.202. The molecule has 3 rings (SSSR count). The van der Waals surface area contributed by atoms with E-state index < -0.39 is 0 Å². The summed E-state index contributed by atoms with van der Waals surface area (Å²) in [5, 5.41) is 19.2. The van der Waals surface area contributed by atoms with E-state index in [0.29, 0.717) is 5.75 Å². The van der Waals surface area contributed by atoms with Gasteiger partial charge < -0.3 is 5.32 Å². The quantitative estimate of drug-likeness (QED) is 0.423. The lowest BCUT2D eigenvalue weighted by atomic mass is 10.3. The number of benzene rings is 2. The monoisotopic (exact) mass is 401 g/mol. The van der Waals surface area contributed by atoms with Crippen molar-refractivity contribution >= 4 is 57.8 Å². The fraction of sp³-hybridized carbons (Fsp3) is 0.118. The highest BCUT2D eigenvalue weighted by molar-refractivity contribution is 8.03. The van der Waals surface area contributed by atoms with Gasteiger partial charge in [0.15, 0.2) is 8.68 Å². The first-order valence-electron chi connectivity index (χ1n) is 7.60. The van der Waals surface area contributed by atoms with Crippen molar-refractivity contribution in [1.82, 2.24) is 10.2 Å². The highest BCUT2D eigenvalue weighted by Gasteiger charge is 2.08. The average molecular weight is 402 g/mol. The van der Waals surface area contributed by atoms with Crippen LogP contribution in [0.25, 0.3) is 0 Å². The van der Waals surface area contributed by atoms with Crippen LogP contribution in [0.4, 0.5) is 17.1 Å². The maximum Gasteiger partial charge on any atom is 0.234 e. The van der Waals surface area contributed by atoms with E-state index in [1.165, 1.54) is 23.1 Å². The molecule has 0 fully saturated rings. The van der Waals surface area contributed by atoms with Crippen molar-refractivity contribution < 1.29 is 4.79 Å². The highest BCUT2D eigenvalue weighted by Crippen LogP contribution is 2.27. The average Bonchev–Trinajstić information content (AvgIpc) is 3.15. The van der Waals surface area contributed by atoms with Crippen LogP contribution in [-0.4, -0.2) is 28.1 Å². The molecule has 9 heteroatoms. The van der Waals surface area contributed by atoms with Gasteiger partial charge in [-0.25, -0.2) is 0 Å². The number of anilines is 1. The van der Waals surface area contributed by atoms with Crippen LogP contribution in [0.3, 0.4) is 0 Å². The number of aromatic nitrogens is 2. The summed E-state index contributed by atoms with van der Waals surface area (Å²) in [6.07, 6.45) is 1.95. The molecule has 132 valence electrons. The highest BCUT2D eigenvalue weighted by atomic mass is 32.2. The molecule has 0 atom stereocenters. The summed E-state index contributed by atoms with van der Waals surface area (Å²) >= 11 is 4.41. The van der Waals surface area contributed by atoms with E-state index in [4.69, 9.17) is 0 Å². The third kappa shape index (κ3) is 5.65. The Morgan fingerprint density at radius 1 is 1.00 bits per heavy atom. The summed E-state index contributed by atoms with van der Waals surface area (Å²) in [6.45, 7) is 0. The Hall–Kier alpha value is -2.23. The first-order valence-corrected chi connectivity index (χ1v) is 10.6. The van der Waals surface area contributed by atoms with Crippen LogP contribution in [0.1, 0.15) is 0 Å². The normalized spacial score (nSPS) is 11.0. The number of rotatable bonds is 7. The third-order valence-electron chi connectivity index (χ3n) is 3.08. The second kappa shape index (κ2) is 9.46. The molecule has 0 aliphatic rings. The maximum atomic E-state index is 12.0. The van der Waals surface area contributed by atoms with Crippen molar-refractivity contribution in [3.8, 4) is 0 Å². The lowest BCUT2D eigenvalue weighted by Crippen LogP contribution is -2.13. The summed E-state index contributed by atoms with van der Waals surface area (Å²) in [7, 11) is 0. The van der Waals surface area contributed by atoms with Gasteiger partial charge in [0, 0.05) is 5.69 Å². The Morgan fingerprint density at radius 3 is 2.31 bits per heavy atom. The number of amides is 1. The van der Waals surface area contributed by atoms with E-state index in [1.54, 1.807) is 23.9 Å². The molecule has 0 saturated carbocycles. The third-order valence-corrected chi connectivity index (χ3v) is 6.11. The van der Waals surface area contributed by atoms with Gasteiger partial charge in [-0.05, 0) is 42.7 Å². The first-order chi connectivity index (χ1) is 12.7. The van der Waals surface area contributed by atoms with Crippen LogP contribution in [0.2, 0.25) is 0 Å². The van der Waals surface area contributed by atoms with Gasteiger partial charge in [-0.1, -0.05) is 53.1 Å². The molecule has 0 aliphatic heterocycles.